The van der Waals surface area contributed by atoms with Gasteiger partial charge in [-0.25, -0.2) is 0 Å². The van der Waals surface area contributed by atoms with Crippen molar-refractivity contribution in [2.45, 2.75) is 33.7 Å². The average Bonchev–Trinajstić information content (AvgIpc) is 2.48. The summed E-state index contributed by atoms with van der Waals surface area (Å²) in [6.07, 6.45) is 7.26. The molecule has 12 heavy (non-hydrogen) atoms. The van der Waals surface area contributed by atoms with Crippen molar-refractivity contribution < 1.29 is 0 Å². The zero-order valence-electron chi connectivity index (χ0n) is 8.04. The topological polar surface area (TPSA) is 17.8 Å². The molecule has 0 saturated heterocycles. The highest BCUT2D eigenvalue weighted by Gasteiger charge is 1.92. The monoisotopic (exact) mass is 164 g/mol. The number of hydrogen-bond donors (Lipinski definition) is 0. The predicted molar refractivity (Wildman–Crippen MR) is 51.0 cm³/mol. The van der Waals surface area contributed by atoms with Crippen LogP contribution in [0, 0.1) is 0 Å². The molecule has 0 bridgehead atoms. The fraction of sp³-hybridized carbons (Fsp3) is 0.500. The minimum Gasteiger partial charge on any atom is -0.269 e. The third-order valence-corrected chi connectivity index (χ3v) is 1.78. The Morgan fingerprint density at radius 2 is 2.33 bits per heavy atom. The van der Waals surface area contributed by atoms with Crippen LogP contribution in [0.25, 0.3) is 0 Å². The standard InChI is InChI=1S/C10H16N2/c1-4-10-7-11-12(8-10)6-5-9(2)3/h5,7-8H,4,6H2,1-3H3. The molecule has 0 aliphatic rings. The van der Waals surface area contributed by atoms with Crippen molar-refractivity contribution in [2.75, 3.05) is 0 Å². The normalized spacial score (nSPS) is 9.92. The molecule has 1 aromatic heterocycles. The quantitative estimate of drug-likeness (QED) is 0.627. The van der Waals surface area contributed by atoms with Crippen molar-refractivity contribution in [3.05, 3.63) is 29.6 Å². The molecular formula is C10H16N2. The van der Waals surface area contributed by atoms with E-state index in [0.29, 0.717) is 0 Å². The maximum absolute atomic E-state index is 4.23. The fourth-order valence-corrected chi connectivity index (χ4v) is 0.965. The zero-order valence-corrected chi connectivity index (χ0v) is 8.04. The molecule has 0 aliphatic carbocycles. The van der Waals surface area contributed by atoms with E-state index in [1.165, 1.54) is 11.1 Å². The average molecular weight is 164 g/mol. The van der Waals surface area contributed by atoms with Gasteiger partial charge in [0.05, 0.1) is 12.7 Å². The smallest absolute Gasteiger partial charge is 0.0592 e. The van der Waals surface area contributed by atoms with E-state index in [1.807, 2.05) is 10.9 Å². The summed E-state index contributed by atoms with van der Waals surface area (Å²) in [5, 5.41) is 4.23. The summed E-state index contributed by atoms with van der Waals surface area (Å²) in [5.41, 5.74) is 2.64. The van der Waals surface area contributed by atoms with Gasteiger partial charge in [-0.05, 0) is 25.8 Å². The Balaban J connectivity index is 2.58. The van der Waals surface area contributed by atoms with Crippen molar-refractivity contribution in [3.8, 4) is 0 Å². The lowest BCUT2D eigenvalue weighted by atomic mass is 10.3. The molecule has 0 N–H and O–H groups in total. The van der Waals surface area contributed by atoms with E-state index in [1.54, 1.807) is 0 Å². The minimum absolute atomic E-state index is 0.891. The Bertz CT molecular complexity index is 267. The molecule has 0 amide bonds. The van der Waals surface area contributed by atoms with Crippen molar-refractivity contribution in [1.82, 2.24) is 9.78 Å². The van der Waals surface area contributed by atoms with Gasteiger partial charge in [0.15, 0.2) is 0 Å². The summed E-state index contributed by atoms with van der Waals surface area (Å²) in [6, 6.07) is 0. The second-order valence-corrected chi connectivity index (χ2v) is 3.21. The van der Waals surface area contributed by atoms with Crippen molar-refractivity contribution in [2.24, 2.45) is 0 Å². The van der Waals surface area contributed by atoms with E-state index in [-0.39, 0.29) is 0 Å². The third-order valence-electron chi connectivity index (χ3n) is 1.78. The van der Waals surface area contributed by atoms with Crippen LogP contribution in [0.4, 0.5) is 0 Å². The number of aromatic nitrogens is 2. The van der Waals surface area contributed by atoms with Crippen LogP contribution >= 0.6 is 0 Å². The van der Waals surface area contributed by atoms with E-state index in [9.17, 15) is 0 Å². The molecule has 0 fully saturated rings. The molecule has 1 rings (SSSR count). The van der Waals surface area contributed by atoms with Gasteiger partial charge in [-0.2, -0.15) is 5.10 Å². The Hall–Kier alpha value is -1.05. The van der Waals surface area contributed by atoms with Gasteiger partial charge < -0.3 is 0 Å². The van der Waals surface area contributed by atoms with Crippen molar-refractivity contribution >= 4 is 0 Å². The van der Waals surface area contributed by atoms with Crippen LogP contribution in [-0.4, -0.2) is 9.78 Å². The molecule has 0 aliphatic heterocycles. The summed E-state index contributed by atoms with van der Waals surface area (Å²) in [6.45, 7) is 7.24. The Kier molecular flexibility index (Phi) is 3.09. The lowest BCUT2D eigenvalue weighted by molar-refractivity contribution is 0.698. The Morgan fingerprint density at radius 3 is 2.83 bits per heavy atom. The van der Waals surface area contributed by atoms with E-state index >= 15 is 0 Å². The summed E-state index contributed by atoms with van der Waals surface area (Å²) in [5.74, 6) is 0. The van der Waals surface area contributed by atoms with E-state index in [0.717, 1.165) is 13.0 Å². The van der Waals surface area contributed by atoms with Gasteiger partial charge in [0.2, 0.25) is 0 Å². The number of rotatable bonds is 3. The fourth-order valence-electron chi connectivity index (χ4n) is 0.965. The molecular weight excluding hydrogens is 148 g/mol. The first kappa shape index (κ1) is 9.04. The molecule has 0 unspecified atom stereocenters. The zero-order chi connectivity index (χ0) is 8.97. The van der Waals surface area contributed by atoms with Gasteiger partial charge in [-0.15, -0.1) is 0 Å². The number of nitrogens with zero attached hydrogens (tertiary/aromatic N) is 2. The van der Waals surface area contributed by atoms with Crippen LogP contribution in [0.3, 0.4) is 0 Å². The SMILES string of the molecule is CCc1cnn(CC=C(C)C)c1. The van der Waals surface area contributed by atoms with Crippen molar-refractivity contribution in [3.63, 3.8) is 0 Å². The molecule has 2 nitrogen and oxygen atoms in total. The molecule has 0 saturated carbocycles. The molecule has 0 atom stereocenters. The highest BCUT2D eigenvalue weighted by molar-refractivity contribution is 5.04. The third kappa shape index (κ3) is 2.53. The number of hydrogen-bond acceptors (Lipinski definition) is 1. The van der Waals surface area contributed by atoms with E-state index < -0.39 is 0 Å². The maximum Gasteiger partial charge on any atom is 0.0592 e. The molecule has 66 valence electrons. The highest BCUT2D eigenvalue weighted by atomic mass is 15.3. The second-order valence-electron chi connectivity index (χ2n) is 3.21. The number of allylic oxidation sites excluding steroid dienone is 2. The summed E-state index contributed by atoms with van der Waals surface area (Å²) >= 11 is 0. The van der Waals surface area contributed by atoms with Gasteiger partial charge in [0, 0.05) is 6.20 Å². The highest BCUT2D eigenvalue weighted by Crippen LogP contribution is 1.99. The Morgan fingerprint density at radius 1 is 1.58 bits per heavy atom. The van der Waals surface area contributed by atoms with Crippen LogP contribution in [0.2, 0.25) is 0 Å². The van der Waals surface area contributed by atoms with E-state index in [4.69, 9.17) is 0 Å². The largest absolute Gasteiger partial charge is 0.269 e. The molecule has 2 heteroatoms. The summed E-state index contributed by atoms with van der Waals surface area (Å²) in [4.78, 5) is 0. The predicted octanol–water partition coefficient (Wildman–Crippen LogP) is 2.41. The van der Waals surface area contributed by atoms with Crippen LogP contribution in [0.1, 0.15) is 26.3 Å². The second kappa shape index (κ2) is 4.10. The first-order valence-corrected chi connectivity index (χ1v) is 4.37. The van der Waals surface area contributed by atoms with Crippen LogP contribution in [0.15, 0.2) is 24.0 Å². The number of aryl methyl sites for hydroxylation is 1. The maximum atomic E-state index is 4.23. The lowest BCUT2D eigenvalue weighted by Crippen LogP contribution is -1.94. The lowest BCUT2D eigenvalue weighted by Gasteiger charge is -1.94. The summed E-state index contributed by atoms with van der Waals surface area (Å²) in [7, 11) is 0. The molecule has 0 spiro atoms. The molecule has 1 aromatic rings. The molecule has 1 heterocycles. The first-order valence-electron chi connectivity index (χ1n) is 4.37. The molecule has 0 radical (unpaired) electrons. The summed E-state index contributed by atoms with van der Waals surface area (Å²) < 4.78 is 1.96. The van der Waals surface area contributed by atoms with Crippen LogP contribution < -0.4 is 0 Å². The van der Waals surface area contributed by atoms with Gasteiger partial charge in [-0.3, -0.25) is 4.68 Å². The van der Waals surface area contributed by atoms with Gasteiger partial charge >= 0.3 is 0 Å². The van der Waals surface area contributed by atoms with Crippen LogP contribution in [-0.2, 0) is 13.0 Å². The van der Waals surface area contributed by atoms with E-state index in [2.05, 4.69) is 38.1 Å². The minimum atomic E-state index is 0.891. The Labute approximate surface area is 73.9 Å². The van der Waals surface area contributed by atoms with Crippen molar-refractivity contribution in [1.29, 1.82) is 0 Å². The van der Waals surface area contributed by atoms with Gasteiger partial charge in [-0.1, -0.05) is 18.6 Å². The van der Waals surface area contributed by atoms with Crippen LogP contribution in [0.5, 0.6) is 0 Å². The van der Waals surface area contributed by atoms with Gasteiger partial charge in [0.1, 0.15) is 0 Å². The van der Waals surface area contributed by atoms with Gasteiger partial charge in [0.25, 0.3) is 0 Å². The first-order chi connectivity index (χ1) is 5.72. The molecule has 0 aromatic carbocycles.